The van der Waals surface area contributed by atoms with E-state index in [9.17, 15) is 29.1 Å². The number of likely N-dealkylation sites (N-methyl/N-ethyl adjacent to an activating group) is 1. The lowest BCUT2D eigenvalue weighted by Crippen LogP contribution is -2.63. The third-order valence-electron chi connectivity index (χ3n) is 9.48. The number of hydrogen-bond acceptors (Lipinski definition) is 8. The first-order valence-corrected chi connectivity index (χ1v) is 17.5. The van der Waals surface area contributed by atoms with Crippen LogP contribution in [-0.4, -0.2) is 114 Å². The summed E-state index contributed by atoms with van der Waals surface area (Å²) in [7, 11) is 1.64. The molecule has 1 aliphatic heterocycles. The Morgan fingerprint density at radius 2 is 1.54 bits per heavy atom. The van der Waals surface area contributed by atoms with E-state index in [4.69, 9.17) is 5.73 Å². The number of rotatable bonds is 11. The molecule has 2 rings (SSSR count). The Balaban J connectivity index is 2.51. The largest absolute Gasteiger partial charge is 0.391 e. The molecule has 1 heterocycles. The van der Waals surface area contributed by atoms with Crippen LogP contribution in [-0.2, 0) is 24.0 Å². The van der Waals surface area contributed by atoms with Gasteiger partial charge in [-0.25, -0.2) is 0 Å². The fraction of sp³-hybridized carbons (Fsp3) is 0.848. The van der Waals surface area contributed by atoms with Crippen molar-refractivity contribution in [2.24, 2.45) is 11.7 Å². The van der Waals surface area contributed by atoms with Gasteiger partial charge in [-0.15, -0.1) is 0 Å². The van der Waals surface area contributed by atoms with Crippen molar-refractivity contribution in [1.82, 2.24) is 31.1 Å². The van der Waals surface area contributed by atoms with Gasteiger partial charge in [-0.3, -0.25) is 28.9 Å². The van der Waals surface area contributed by atoms with Crippen LogP contribution in [0.4, 0.5) is 0 Å². The van der Waals surface area contributed by atoms with Gasteiger partial charge in [-0.2, -0.15) is 0 Å². The molecule has 0 radical (unpaired) electrons. The van der Waals surface area contributed by atoms with Gasteiger partial charge in [0, 0.05) is 26.7 Å². The summed E-state index contributed by atoms with van der Waals surface area (Å²) in [4.78, 5) is 71.7. The Kier molecular flexibility index (Phi) is 17.5. The highest BCUT2D eigenvalue weighted by Gasteiger charge is 2.38. The molecule has 0 bridgehead atoms. The van der Waals surface area contributed by atoms with Crippen molar-refractivity contribution in [2.45, 2.75) is 141 Å². The van der Waals surface area contributed by atoms with E-state index in [1.165, 1.54) is 11.8 Å². The van der Waals surface area contributed by atoms with E-state index in [1.807, 2.05) is 18.7 Å². The summed E-state index contributed by atoms with van der Waals surface area (Å²) in [5.41, 5.74) is 5.91. The van der Waals surface area contributed by atoms with Crippen LogP contribution >= 0.6 is 0 Å². The SMILES string of the molecule is CCCCCCN1CCNC(=O)[C@H]([C@H](C)O)NC(=O)[C@H](CN)NC(=O)[C@H](C2CCCCC2)NC(=O)C(CCCC)N(C)C(=O)[C@@H]1C. The zero-order valence-corrected chi connectivity index (χ0v) is 28.8. The molecule has 1 saturated heterocycles. The van der Waals surface area contributed by atoms with Gasteiger partial charge in [-0.05, 0) is 52.0 Å². The zero-order valence-electron chi connectivity index (χ0n) is 28.8. The second-order valence-corrected chi connectivity index (χ2v) is 13.1. The third-order valence-corrected chi connectivity index (χ3v) is 9.48. The first-order valence-electron chi connectivity index (χ1n) is 17.5. The van der Waals surface area contributed by atoms with E-state index in [0.717, 1.165) is 70.6 Å². The Morgan fingerprint density at radius 3 is 2.15 bits per heavy atom. The smallest absolute Gasteiger partial charge is 0.245 e. The molecule has 0 aromatic rings. The van der Waals surface area contributed by atoms with Crippen LogP contribution in [0.5, 0.6) is 0 Å². The van der Waals surface area contributed by atoms with Crippen molar-refractivity contribution in [1.29, 1.82) is 0 Å². The summed E-state index contributed by atoms with van der Waals surface area (Å²) < 4.78 is 0. The van der Waals surface area contributed by atoms with Gasteiger partial charge < -0.3 is 37.0 Å². The molecular formula is C33H61N7O6. The summed E-state index contributed by atoms with van der Waals surface area (Å²) in [6.07, 6.45) is 9.12. The predicted octanol–water partition coefficient (Wildman–Crippen LogP) is 0.778. The molecule has 7 N–H and O–H groups in total. The van der Waals surface area contributed by atoms with Gasteiger partial charge >= 0.3 is 0 Å². The fourth-order valence-corrected chi connectivity index (χ4v) is 6.44. The van der Waals surface area contributed by atoms with Crippen LogP contribution in [0.2, 0.25) is 0 Å². The Bertz CT molecular complexity index is 990. The topological polar surface area (TPSA) is 186 Å². The third kappa shape index (κ3) is 11.8. The number of unbranched alkanes of at least 4 members (excludes halogenated alkanes) is 4. The summed E-state index contributed by atoms with van der Waals surface area (Å²) in [6, 6.07) is -4.76. The molecule has 13 nitrogen and oxygen atoms in total. The number of nitrogens with two attached hydrogens (primary N) is 1. The van der Waals surface area contributed by atoms with E-state index < -0.39 is 59.9 Å². The van der Waals surface area contributed by atoms with E-state index in [0.29, 0.717) is 19.5 Å². The van der Waals surface area contributed by atoms with Gasteiger partial charge in [0.1, 0.15) is 24.2 Å². The minimum absolute atomic E-state index is 0.147. The van der Waals surface area contributed by atoms with Crippen LogP contribution in [0, 0.1) is 5.92 Å². The van der Waals surface area contributed by atoms with Gasteiger partial charge in [0.25, 0.3) is 0 Å². The molecule has 2 fully saturated rings. The molecule has 1 unspecified atom stereocenters. The molecule has 0 aromatic carbocycles. The van der Waals surface area contributed by atoms with Gasteiger partial charge in [0.05, 0.1) is 12.1 Å². The molecule has 5 amide bonds. The molecular weight excluding hydrogens is 590 g/mol. The number of nitrogens with one attached hydrogen (secondary N) is 4. The molecule has 46 heavy (non-hydrogen) atoms. The van der Waals surface area contributed by atoms with Gasteiger partial charge in [-0.1, -0.05) is 65.2 Å². The quantitative estimate of drug-likeness (QED) is 0.177. The van der Waals surface area contributed by atoms with Gasteiger partial charge in [0.15, 0.2) is 0 Å². The number of nitrogens with zero attached hydrogens (tertiary/aromatic N) is 2. The standard InChI is InChI=1S/C33H61N7O6/c1-6-8-10-14-19-40-20-18-35-31(44)27(23(4)41)37-29(42)25(21-34)36-32(45)28(24-15-12-11-13-16-24)38-30(43)26(17-9-7-2)39(5)33(46)22(40)3/h22-28,41H,6-21,34H2,1-5H3,(H,35,44)(H,36,45)(H,37,42)(H,38,43)/t22-,23-,25-,26?,27-,28-/m0/s1. The van der Waals surface area contributed by atoms with E-state index >= 15 is 0 Å². The van der Waals surface area contributed by atoms with Gasteiger partial charge in [0.2, 0.25) is 29.5 Å². The van der Waals surface area contributed by atoms with Crippen molar-refractivity contribution in [2.75, 3.05) is 33.2 Å². The Labute approximate surface area is 275 Å². The summed E-state index contributed by atoms with van der Waals surface area (Å²) in [6.45, 7) is 8.27. The van der Waals surface area contributed by atoms with E-state index in [-0.39, 0.29) is 24.9 Å². The minimum Gasteiger partial charge on any atom is -0.391 e. The van der Waals surface area contributed by atoms with Crippen molar-refractivity contribution in [3.8, 4) is 0 Å². The first kappa shape index (κ1) is 39.4. The highest BCUT2D eigenvalue weighted by Crippen LogP contribution is 2.27. The summed E-state index contributed by atoms with van der Waals surface area (Å²) in [5, 5.41) is 21.4. The van der Waals surface area contributed by atoms with Crippen molar-refractivity contribution < 1.29 is 29.1 Å². The van der Waals surface area contributed by atoms with Crippen LogP contribution < -0.4 is 27.0 Å². The average molecular weight is 652 g/mol. The maximum absolute atomic E-state index is 14.0. The molecule has 264 valence electrons. The maximum Gasteiger partial charge on any atom is 0.245 e. The number of carbonyl (C=O) groups excluding carboxylic acids is 5. The Morgan fingerprint density at radius 1 is 0.870 bits per heavy atom. The number of hydrogen-bond donors (Lipinski definition) is 6. The molecule has 6 atom stereocenters. The highest BCUT2D eigenvalue weighted by atomic mass is 16.3. The number of carbonyl (C=O) groups is 5. The molecule has 1 saturated carbocycles. The zero-order chi connectivity index (χ0) is 34.2. The van der Waals surface area contributed by atoms with Crippen LogP contribution in [0.1, 0.15) is 105 Å². The van der Waals surface area contributed by atoms with E-state index in [1.54, 1.807) is 7.05 Å². The monoisotopic (exact) mass is 651 g/mol. The number of amides is 5. The minimum atomic E-state index is -1.28. The predicted molar refractivity (Wildman–Crippen MR) is 177 cm³/mol. The maximum atomic E-state index is 14.0. The van der Waals surface area contributed by atoms with Crippen LogP contribution in [0.15, 0.2) is 0 Å². The van der Waals surface area contributed by atoms with E-state index in [2.05, 4.69) is 28.2 Å². The summed E-state index contributed by atoms with van der Waals surface area (Å²) >= 11 is 0. The van der Waals surface area contributed by atoms with Crippen LogP contribution in [0.3, 0.4) is 0 Å². The van der Waals surface area contributed by atoms with Crippen molar-refractivity contribution in [3.63, 3.8) is 0 Å². The summed E-state index contributed by atoms with van der Waals surface area (Å²) in [5.74, 6) is -2.58. The molecule has 13 heteroatoms. The lowest BCUT2D eigenvalue weighted by atomic mass is 9.83. The first-order chi connectivity index (χ1) is 22.0. The molecule has 2 aliphatic rings. The lowest BCUT2D eigenvalue weighted by Gasteiger charge is -2.36. The number of aliphatic hydroxyl groups is 1. The highest BCUT2D eigenvalue weighted by molar-refractivity contribution is 5.96. The van der Waals surface area contributed by atoms with Crippen molar-refractivity contribution in [3.05, 3.63) is 0 Å². The lowest BCUT2D eigenvalue weighted by molar-refractivity contribution is -0.144. The molecule has 0 spiro atoms. The fourth-order valence-electron chi connectivity index (χ4n) is 6.44. The average Bonchev–Trinajstić information content (AvgIpc) is 3.04. The second-order valence-electron chi connectivity index (χ2n) is 13.1. The molecule has 1 aliphatic carbocycles. The Hall–Kier alpha value is -2.77. The number of aliphatic hydroxyl groups excluding tert-OH is 1. The second kappa shape index (κ2) is 20.5. The van der Waals surface area contributed by atoms with Crippen LogP contribution in [0.25, 0.3) is 0 Å². The van der Waals surface area contributed by atoms with Crippen molar-refractivity contribution >= 4 is 29.5 Å². The molecule has 0 aromatic heterocycles. The normalized spacial score (nSPS) is 28.0.